The lowest BCUT2D eigenvalue weighted by Crippen LogP contribution is -1.94. The van der Waals surface area contributed by atoms with Crippen LogP contribution in [0, 0.1) is 0 Å². The van der Waals surface area contributed by atoms with Crippen LogP contribution in [0.3, 0.4) is 0 Å². The molecule has 0 saturated heterocycles. The van der Waals surface area contributed by atoms with Gasteiger partial charge in [0, 0.05) is 36.3 Å². The van der Waals surface area contributed by atoms with Crippen molar-refractivity contribution < 1.29 is 4.42 Å². The molecule has 0 aliphatic heterocycles. The highest BCUT2D eigenvalue weighted by Gasteiger charge is 2.20. The summed E-state index contributed by atoms with van der Waals surface area (Å²) in [6.45, 7) is 0. The van der Waals surface area contributed by atoms with Gasteiger partial charge >= 0.3 is 0 Å². The van der Waals surface area contributed by atoms with Crippen molar-refractivity contribution in [2.24, 2.45) is 0 Å². The second-order valence-electron chi connectivity index (χ2n) is 8.54. The maximum atomic E-state index is 6.41. The molecule has 0 amide bonds. The van der Waals surface area contributed by atoms with Gasteiger partial charge in [0.05, 0.1) is 22.1 Å². The Balaban J connectivity index is 1.62. The molecule has 8 aromatic rings. The third-order valence-corrected chi connectivity index (χ3v) is 8.01. The molecule has 0 aliphatic carbocycles. The van der Waals surface area contributed by atoms with Gasteiger partial charge < -0.3 is 8.98 Å². The Kier molecular flexibility index (Phi) is 3.31. The van der Waals surface area contributed by atoms with Crippen LogP contribution in [0.5, 0.6) is 0 Å². The van der Waals surface area contributed by atoms with Crippen molar-refractivity contribution in [3.8, 4) is 5.69 Å². The number of fused-ring (bicyclic) bond motifs is 10. The summed E-state index contributed by atoms with van der Waals surface area (Å²) < 4.78 is 11.4. The van der Waals surface area contributed by atoms with E-state index in [9.17, 15) is 0 Å². The average molecular weight is 440 g/mol. The lowest BCUT2D eigenvalue weighted by molar-refractivity contribution is 0.669. The van der Waals surface area contributed by atoms with Crippen LogP contribution < -0.4 is 0 Å². The van der Waals surface area contributed by atoms with Crippen LogP contribution in [0.25, 0.3) is 69.6 Å². The van der Waals surface area contributed by atoms with Gasteiger partial charge in [-0.25, -0.2) is 0 Å². The first-order valence-corrected chi connectivity index (χ1v) is 11.9. The molecule has 0 spiro atoms. The molecular formula is C30H17NOS. The van der Waals surface area contributed by atoms with Crippen LogP contribution in [-0.2, 0) is 0 Å². The van der Waals surface area contributed by atoms with E-state index < -0.39 is 0 Å². The quantitative estimate of drug-likeness (QED) is 0.249. The highest BCUT2D eigenvalue weighted by molar-refractivity contribution is 7.26. The molecule has 154 valence electrons. The Morgan fingerprint density at radius 1 is 0.515 bits per heavy atom. The Labute approximate surface area is 192 Å². The summed E-state index contributed by atoms with van der Waals surface area (Å²) in [6, 6.07) is 36.8. The molecule has 0 radical (unpaired) electrons. The van der Waals surface area contributed by atoms with Crippen LogP contribution >= 0.6 is 11.3 Å². The van der Waals surface area contributed by atoms with Gasteiger partial charge in [-0.2, -0.15) is 0 Å². The summed E-state index contributed by atoms with van der Waals surface area (Å²) in [7, 11) is 0. The number of aromatic nitrogens is 1. The average Bonchev–Trinajstić information content (AvgIpc) is 3.53. The van der Waals surface area contributed by atoms with Crippen molar-refractivity contribution in [2.75, 3.05) is 0 Å². The predicted octanol–water partition coefficient (Wildman–Crippen LogP) is 9.05. The molecule has 3 heteroatoms. The second-order valence-corrected chi connectivity index (χ2v) is 9.59. The molecule has 2 nitrogen and oxygen atoms in total. The van der Waals surface area contributed by atoms with Gasteiger partial charge in [-0.1, -0.05) is 60.7 Å². The minimum Gasteiger partial charge on any atom is -0.456 e. The van der Waals surface area contributed by atoms with E-state index in [4.69, 9.17) is 4.42 Å². The van der Waals surface area contributed by atoms with Crippen LogP contribution in [-0.4, -0.2) is 4.57 Å². The number of hydrogen-bond acceptors (Lipinski definition) is 2. The van der Waals surface area contributed by atoms with Gasteiger partial charge in [0.25, 0.3) is 0 Å². The fourth-order valence-electron chi connectivity index (χ4n) is 5.44. The normalized spacial score (nSPS) is 12.2. The molecule has 0 unspecified atom stereocenters. The van der Waals surface area contributed by atoms with E-state index in [1.807, 2.05) is 11.3 Å². The van der Waals surface area contributed by atoms with Crippen molar-refractivity contribution in [1.29, 1.82) is 0 Å². The molecule has 0 bridgehead atoms. The molecular weight excluding hydrogens is 422 g/mol. The number of para-hydroxylation sites is 2. The maximum Gasteiger partial charge on any atom is 0.137 e. The summed E-state index contributed by atoms with van der Waals surface area (Å²) in [5, 5.41) is 7.53. The van der Waals surface area contributed by atoms with Gasteiger partial charge in [0.15, 0.2) is 0 Å². The first kappa shape index (κ1) is 17.5. The van der Waals surface area contributed by atoms with Crippen molar-refractivity contribution in [3.63, 3.8) is 0 Å². The lowest BCUT2D eigenvalue weighted by Gasteiger charge is -2.09. The summed E-state index contributed by atoms with van der Waals surface area (Å²) in [5.41, 5.74) is 5.45. The number of benzene rings is 5. The summed E-state index contributed by atoms with van der Waals surface area (Å²) in [5.74, 6) is 0. The van der Waals surface area contributed by atoms with Crippen molar-refractivity contribution in [2.45, 2.75) is 0 Å². The maximum absolute atomic E-state index is 6.41. The molecule has 3 aromatic heterocycles. The number of furan rings is 1. The monoisotopic (exact) mass is 439 g/mol. The van der Waals surface area contributed by atoms with Crippen LogP contribution in [0.2, 0.25) is 0 Å². The lowest BCUT2D eigenvalue weighted by atomic mass is 10.1. The zero-order valence-corrected chi connectivity index (χ0v) is 18.4. The smallest absolute Gasteiger partial charge is 0.137 e. The minimum absolute atomic E-state index is 0.925. The number of thiophene rings is 1. The molecule has 5 aromatic carbocycles. The number of nitrogens with zero attached hydrogens (tertiary/aromatic N) is 1. The topological polar surface area (TPSA) is 18.1 Å². The molecule has 0 saturated carbocycles. The molecule has 0 fully saturated rings. The highest BCUT2D eigenvalue weighted by Crippen LogP contribution is 2.45. The minimum atomic E-state index is 0.925. The Morgan fingerprint density at radius 3 is 1.97 bits per heavy atom. The van der Waals surface area contributed by atoms with E-state index in [0.717, 1.165) is 16.9 Å². The summed E-state index contributed by atoms with van der Waals surface area (Å²) in [6.07, 6.45) is 0. The first-order chi connectivity index (χ1) is 16.4. The zero-order chi connectivity index (χ0) is 21.5. The molecule has 3 heterocycles. The largest absolute Gasteiger partial charge is 0.456 e. The third kappa shape index (κ3) is 2.22. The van der Waals surface area contributed by atoms with Crippen LogP contribution in [0.1, 0.15) is 0 Å². The standard InChI is InChI=1S/C30H17NOS/c1-4-11-22-18(8-1)19-9-2-5-12-23(19)31(22)24-13-7-14-25-28(24)29-26(32-25)17-16-21-20-10-3-6-15-27(20)33-30(21)29/h1-17H. The highest BCUT2D eigenvalue weighted by atomic mass is 32.1. The van der Waals surface area contributed by atoms with Gasteiger partial charge in [-0.05, 0) is 42.5 Å². The Morgan fingerprint density at radius 2 is 1.18 bits per heavy atom. The fraction of sp³-hybridized carbons (Fsp3) is 0. The zero-order valence-electron chi connectivity index (χ0n) is 17.6. The van der Waals surface area contributed by atoms with Crippen LogP contribution in [0.4, 0.5) is 0 Å². The first-order valence-electron chi connectivity index (χ1n) is 11.1. The molecule has 8 rings (SSSR count). The predicted molar refractivity (Wildman–Crippen MR) is 141 cm³/mol. The van der Waals surface area contributed by atoms with E-state index in [-0.39, 0.29) is 0 Å². The Hall–Kier alpha value is -4.08. The Bertz CT molecular complexity index is 1980. The van der Waals surface area contributed by atoms with Gasteiger partial charge in [0.1, 0.15) is 11.2 Å². The molecule has 0 atom stereocenters. The molecule has 0 aliphatic rings. The fourth-order valence-corrected chi connectivity index (χ4v) is 6.68. The molecule has 0 N–H and O–H groups in total. The van der Waals surface area contributed by atoms with E-state index >= 15 is 0 Å². The van der Waals surface area contributed by atoms with Gasteiger partial charge in [0.2, 0.25) is 0 Å². The van der Waals surface area contributed by atoms with E-state index in [0.29, 0.717) is 0 Å². The van der Waals surface area contributed by atoms with Crippen molar-refractivity contribution in [3.05, 3.63) is 103 Å². The number of hydrogen-bond donors (Lipinski definition) is 0. The summed E-state index contributed by atoms with van der Waals surface area (Å²) in [4.78, 5) is 0. The van der Waals surface area contributed by atoms with E-state index in [1.165, 1.54) is 52.8 Å². The summed E-state index contributed by atoms with van der Waals surface area (Å²) >= 11 is 1.85. The van der Waals surface area contributed by atoms with Crippen molar-refractivity contribution in [1.82, 2.24) is 4.57 Å². The van der Waals surface area contributed by atoms with Gasteiger partial charge in [-0.15, -0.1) is 11.3 Å². The SMILES string of the molecule is c1cc(-n2c3ccccc3c3ccccc32)c2c(c1)oc1ccc3c4ccccc4sc3c12. The van der Waals surface area contributed by atoms with E-state index in [1.54, 1.807) is 0 Å². The van der Waals surface area contributed by atoms with Crippen molar-refractivity contribution >= 4 is 75.3 Å². The second kappa shape index (κ2) is 6.25. The van der Waals surface area contributed by atoms with E-state index in [2.05, 4.69) is 108 Å². The third-order valence-electron chi connectivity index (χ3n) is 6.80. The van der Waals surface area contributed by atoms with Crippen LogP contribution in [0.15, 0.2) is 108 Å². The number of rotatable bonds is 1. The van der Waals surface area contributed by atoms with Gasteiger partial charge in [-0.3, -0.25) is 0 Å². The molecule has 33 heavy (non-hydrogen) atoms.